The Morgan fingerprint density at radius 1 is 0.829 bits per heavy atom. The highest BCUT2D eigenvalue weighted by molar-refractivity contribution is 6.34. The lowest BCUT2D eigenvalue weighted by molar-refractivity contribution is -0.384. The van der Waals surface area contributed by atoms with Gasteiger partial charge in [-0.05, 0) is 73.5 Å². The summed E-state index contributed by atoms with van der Waals surface area (Å²) in [6.07, 6.45) is 0. The molecule has 4 aromatic carbocycles. The highest BCUT2D eigenvalue weighted by atomic mass is 16.6. The summed E-state index contributed by atoms with van der Waals surface area (Å²) in [6.45, 7) is 3.28. The zero-order valence-electron chi connectivity index (χ0n) is 22.0. The van der Waals surface area contributed by atoms with E-state index in [0.29, 0.717) is 17.2 Å². The topological polar surface area (TPSA) is 133 Å². The highest BCUT2D eigenvalue weighted by Crippen LogP contribution is 2.32. The lowest BCUT2D eigenvalue weighted by atomic mass is 10.1. The van der Waals surface area contributed by atoms with Crippen LogP contribution in [-0.2, 0) is 4.74 Å². The van der Waals surface area contributed by atoms with Gasteiger partial charge < -0.3 is 9.47 Å². The molecule has 0 N–H and O–H groups in total. The van der Waals surface area contributed by atoms with E-state index in [-0.39, 0.29) is 27.9 Å². The number of esters is 1. The Balaban J connectivity index is 1.28. The number of fused-ring (bicyclic) bond motifs is 1. The standard InChI is InChI=1S/C31H22N2O8/c1-18-5-3-8-28(19(18)2)41-24-12-10-22(11-13-24)32-29(35)25-14-9-21(16-26(25)30(32)36)31(37)40-17-27(34)20-6-4-7-23(15-20)33(38)39/h3-16H,17H2,1-2H3. The van der Waals surface area contributed by atoms with E-state index in [0.717, 1.165) is 22.1 Å². The fourth-order valence-corrected chi connectivity index (χ4v) is 4.32. The molecular formula is C31H22N2O8. The second-order valence-corrected chi connectivity index (χ2v) is 9.31. The summed E-state index contributed by atoms with van der Waals surface area (Å²) in [5, 5.41) is 10.9. The Morgan fingerprint density at radius 3 is 2.27 bits per heavy atom. The molecule has 0 fully saturated rings. The maximum Gasteiger partial charge on any atom is 0.338 e. The van der Waals surface area contributed by atoms with Crippen molar-refractivity contribution in [1.82, 2.24) is 0 Å². The van der Waals surface area contributed by atoms with Crippen molar-refractivity contribution >= 4 is 34.9 Å². The first-order valence-electron chi connectivity index (χ1n) is 12.5. The number of non-ortho nitro benzene ring substituents is 1. The third-order valence-electron chi connectivity index (χ3n) is 6.71. The molecule has 204 valence electrons. The van der Waals surface area contributed by atoms with Gasteiger partial charge in [-0.3, -0.25) is 24.5 Å². The van der Waals surface area contributed by atoms with Crippen molar-refractivity contribution in [2.45, 2.75) is 13.8 Å². The van der Waals surface area contributed by atoms with Crippen molar-refractivity contribution in [2.75, 3.05) is 11.5 Å². The Labute approximate surface area is 233 Å². The molecule has 0 saturated carbocycles. The zero-order valence-corrected chi connectivity index (χ0v) is 22.0. The second-order valence-electron chi connectivity index (χ2n) is 9.31. The Hall–Kier alpha value is -5.64. The average molecular weight is 551 g/mol. The minimum Gasteiger partial charge on any atom is -0.457 e. The van der Waals surface area contributed by atoms with E-state index >= 15 is 0 Å². The van der Waals surface area contributed by atoms with Crippen molar-refractivity contribution in [3.8, 4) is 11.5 Å². The van der Waals surface area contributed by atoms with Crippen LogP contribution >= 0.6 is 0 Å². The van der Waals surface area contributed by atoms with E-state index in [1.54, 1.807) is 24.3 Å². The third-order valence-corrected chi connectivity index (χ3v) is 6.71. The van der Waals surface area contributed by atoms with Gasteiger partial charge in [0, 0.05) is 17.7 Å². The lowest BCUT2D eigenvalue weighted by Gasteiger charge is -2.15. The maximum absolute atomic E-state index is 13.2. The molecule has 0 saturated heterocycles. The smallest absolute Gasteiger partial charge is 0.338 e. The monoisotopic (exact) mass is 550 g/mol. The SMILES string of the molecule is Cc1cccc(Oc2ccc(N3C(=O)c4ccc(C(=O)OCC(=O)c5cccc([N+](=O)[O-])c5)cc4C3=O)cc2)c1C. The molecule has 2 amide bonds. The quantitative estimate of drug-likeness (QED) is 0.0878. The minimum absolute atomic E-state index is 0.0165. The van der Waals surface area contributed by atoms with Crippen molar-refractivity contribution < 1.29 is 33.6 Å². The van der Waals surface area contributed by atoms with Crippen LogP contribution in [0.15, 0.2) is 84.9 Å². The number of carbonyl (C=O) groups excluding carboxylic acids is 4. The Kier molecular flexibility index (Phi) is 7.13. The van der Waals surface area contributed by atoms with Crippen LogP contribution in [0.25, 0.3) is 0 Å². The van der Waals surface area contributed by atoms with Gasteiger partial charge in [0.2, 0.25) is 5.78 Å². The van der Waals surface area contributed by atoms with Crippen LogP contribution < -0.4 is 9.64 Å². The zero-order chi connectivity index (χ0) is 29.3. The van der Waals surface area contributed by atoms with Crippen molar-refractivity contribution in [1.29, 1.82) is 0 Å². The number of nitro groups is 1. The number of amides is 2. The van der Waals surface area contributed by atoms with Crippen LogP contribution in [0, 0.1) is 24.0 Å². The Morgan fingerprint density at radius 2 is 1.54 bits per heavy atom. The van der Waals surface area contributed by atoms with E-state index in [4.69, 9.17) is 9.47 Å². The predicted octanol–water partition coefficient (Wildman–Crippen LogP) is 5.84. The molecule has 4 aromatic rings. The molecule has 0 aliphatic carbocycles. The molecule has 41 heavy (non-hydrogen) atoms. The summed E-state index contributed by atoms with van der Waals surface area (Å²) in [5.74, 6) is -1.46. The molecule has 0 radical (unpaired) electrons. The van der Waals surface area contributed by atoms with Crippen molar-refractivity contribution in [3.63, 3.8) is 0 Å². The number of hydrogen-bond acceptors (Lipinski definition) is 8. The summed E-state index contributed by atoms with van der Waals surface area (Å²) in [6, 6.07) is 21.2. The van der Waals surface area contributed by atoms with E-state index in [2.05, 4.69) is 0 Å². The van der Waals surface area contributed by atoms with Gasteiger partial charge in [-0.25, -0.2) is 9.69 Å². The lowest BCUT2D eigenvalue weighted by Crippen LogP contribution is -2.29. The fraction of sp³-hybridized carbons (Fsp3) is 0.0968. The first-order chi connectivity index (χ1) is 19.6. The van der Waals surface area contributed by atoms with E-state index in [9.17, 15) is 29.3 Å². The summed E-state index contributed by atoms with van der Waals surface area (Å²) in [5.41, 5.74) is 2.27. The van der Waals surface area contributed by atoms with Gasteiger partial charge in [-0.1, -0.05) is 24.3 Å². The van der Waals surface area contributed by atoms with Gasteiger partial charge in [0.25, 0.3) is 17.5 Å². The van der Waals surface area contributed by atoms with Crippen LogP contribution in [0.4, 0.5) is 11.4 Å². The van der Waals surface area contributed by atoms with Crippen LogP contribution in [0.1, 0.15) is 52.6 Å². The largest absolute Gasteiger partial charge is 0.457 e. The average Bonchev–Trinajstić information content (AvgIpc) is 3.23. The number of ether oxygens (including phenoxy) is 2. The first-order valence-corrected chi connectivity index (χ1v) is 12.5. The molecule has 1 aliphatic heterocycles. The summed E-state index contributed by atoms with van der Waals surface area (Å²) in [4.78, 5) is 62.6. The third kappa shape index (κ3) is 5.30. The fourth-order valence-electron chi connectivity index (χ4n) is 4.32. The molecule has 0 spiro atoms. The predicted molar refractivity (Wildman–Crippen MR) is 148 cm³/mol. The van der Waals surface area contributed by atoms with E-state index in [1.165, 1.54) is 36.4 Å². The number of carbonyl (C=O) groups is 4. The first kappa shape index (κ1) is 26.9. The number of rotatable bonds is 8. The van der Waals surface area contributed by atoms with Gasteiger partial charge >= 0.3 is 5.97 Å². The number of hydrogen-bond donors (Lipinski definition) is 0. The van der Waals surface area contributed by atoms with Crippen LogP contribution in [0.3, 0.4) is 0 Å². The number of imide groups is 1. The molecular weight excluding hydrogens is 528 g/mol. The molecule has 10 nitrogen and oxygen atoms in total. The Bertz CT molecular complexity index is 1740. The molecule has 5 rings (SSSR count). The van der Waals surface area contributed by atoms with Gasteiger partial charge in [0.15, 0.2) is 6.61 Å². The number of anilines is 1. The van der Waals surface area contributed by atoms with Crippen molar-refractivity contribution in [2.24, 2.45) is 0 Å². The minimum atomic E-state index is -0.891. The highest BCUT2D eigenvalue weighted by Gasteiger charge is 2.37. The van der Waals surface area contributed by atoms with Gasteiger partial charge in [0.05, 0.1) is 27.3 Å². The second kappa shape index (κ2) is 10.9. The van der Waals surface area contributed by atoms with Crippen LogP contribution in [-0.4, -0.2) is 35.1 Å². The summed E-state index contributed by atoms with van der Waals surface area (Å²) in [7, 11) is 0. The van der Waals surface area contributed by atoms with E-state index < -0.39 is 35.1 Å². The maximum atomic E-state index is 13.2. The normalized spacial score (nSPS) is 12.2. The molecule has 1 aliphatic rings. The molecule has 0 unspecified atom stereocenters. The van der Waals surface area contributed by atoms with Gasteiger partial charge in [-0.2, -0.15) is 0 Å². The number of Topliss-reactive ketones (excluding diaryl/α,β-unsaturated/α-hetero) is 1. The molecule has 0 atom stereocenters. The number of benzene rings is 4. The number of nitro benzene ring substituents is 1. The van der Waals surface area contributed by atoms with Crippen LogP contribution in [0.5, 0.6) is 11.5 Å². The summed E-state index contributed by atoms with van der Waals surface area (Å²) >= 11 is 0. The summed E-state index contributed by atoms with van der Waals surface area (Å²) < 4.78 is 11.0. The molecule has 1 heterocycles. The number of aryl methyl sites for hydroxylation is 1. The number of nitrogens with zero attached hydrogens (tertiary/aromatic N) is 2. The van der Waals surface area contributed by atoms with E-state index in [1.807, 2.05) is 32.0 Å². The van der Waals surface area contributed by atoms with Gasteiger partial charge in [-0.15, -0.1) is 0 Å². The number of ketones is 1. The molecule has 10 heteroatoms. The molecule has 0 bridgehead atoms. The van der Waals surface area contributed by atoms with Crippen molar-refractivity contribution in [3.05, 3.63) is 128 Å². The van der Waals surface area contributed by atoms with Gasteiger partial charge in [0.1, 0.15) is 11.5 Å². The molecule has 0 aromatic heterocycles. The van der Waals surface area contributed by atoms with Crippen LogP contribution in [0.2, 0.25) is 0 Å².